The van der Waals surface area contributed by atoms with Gasteiger partial charge in [-0.3, -0.25) is 0 Å². The van der Waals surface area contributed by atoms with Gasteiger partial charge < -0.3 is 14.9 Å². The molecular weight excluding hydrogens is 312 g/mol. The highest BCUT2D eigenvalue weighted by Gasteiger charge is 2.27. The van der Waals surface area contributed by atoms with Gasteiger partial charge in [0.25, 0.3) is 0 Å². The second kappa shape index (κ2) is 7.49. The molecule has 136 valence electrons. The summed E-state index contributed by atoms with van der Waals surface area (Å²) in [5.74, 6) is 1.01. The summed E-state index contributed by atoms with van der Waals surface area (Å²) in [6.07, 6.45) is 12.7. The molecular formula is C22H30O3. The molecule has 0 bridgehead atoms. The van der Waals surface area contributed by atoms with Gasteiger partial charge in [0.05, 0.1) is 11.2 Å². The molecule has 3 heteroatoms. The minimum Gasteiger partial charge on any atom is -0.507 e. The summed E-state index contributed by atoms with van der Waals surface area (Å²) in [4.78, 5) is 0. The topological polar surface area (TPSA) is 49.7 Å². The highest BCUT2D eigenvalue weighted by Crippen LogP contribution is 2.38. The van der Waals surface area contributed by atoms with Crippen LogP contribution in [-0.2, 0) is 0 Å². The first-order valence-corrected chi connectivity index (χ1v) is 8.86. The highest BCUT2D eigenvalue weighted by molar-refractivity contribution is 5.67. The van der Waals surface area contributed by atoms with Gasteiger partial charge in [-0.25, -0.2) is 0 Å². The number of benzene rings is 1. The molecule has 0 unspecified atom stereocenters. The van der Waals surface area contributed by atoms with E-state index in [0.717, 1.165) is 36.1 Å². The van der Waals surface area contributed by atoms with Gasteiger partial charge in [0.2, 0.25) is 0 Å². The molecule has 1 atom stereocenters. The van der Waals surface area contributed by atoms with Crippen molar-refractivity contribution < 1.29 is 14.9 Å². The summed E-state index contributed by atoms with van der Waals surface area (Å²) in [5, 5.41) is 19.7. The lowest BCUT2D eigenvalue weighted by molar-refractivity contribution is 0.128. The zero-order valence-electron chi connectivity index (χ0n) is 16.0. The number of hydrogen-bond donors (Lipinski definition) is 2. The van der Waals surface area contributed by atoms with Crippen LogP contribution < -0.4 is 4.74 Å². The molecule has 2 N–H and O–H groups in total. The third-order valence-electron chi connectivity index (χ3n) is 4.31. The number of aromatic hydroxyl groups is 1. The van der Waals surface area contributed by atoms with E-state index in [-0.39, 0.29) is 11.4 Å². The minimum absolute atomic E-state index is 0.266. The first-order chi connectivity index (χ1) is 11.6. The van der Waals surface area contributed by atoms with Crippen molar-refractivity contribution >= 4 is 6.08 Å². The normalized spacial score (nSPS) is 20.6. The van der Waals surface area contributed by atoms with E-state index >= 15 is 0 Å². The molecule has 1 aliphatic rings. The van der Waals surface area contributed by atoms with E-state index in [1.54, 1.807) is 19.9 Å². The van der Waals surface area contributed by atoms with Crippen molar-refractivity contribution in [3.63, 3.8) is 0 Å². The number of hydrogen-bond acceptors (Lipinski definition) is 3. The predicted octanol–water partition coefficient (Wildman–Crippen LogP) is 5.31. The molecule has 25 heavy (non-hydrogen) atoms. The van der Waals surface area contributed by atoms with Crippen LogP contribution in [0.4, 0.5) is 0 Å². The fourth-order valence-electron chi connectivity index (χ4n) is 2.90. The van der Waals surface area contributed by atoms with Crippen molar-refractivity contribution in [2.75, 3.05) is 0 Å². The lowest BCUT2D eigenvalue weighted by atomic mass is 9.93. The van der Waals surface area contributed by atoms with Crippen LogP contribution >= 0.6 is 0 Å². The minimum atomic E-state index is -0.758. The second-order valence-corrected chi connectivity index (χ2v) is 7.79. The van der Waals surface area contributed by atoms with Crippen LogP contribution in [0.3, 0.4) is 0 Å². The molecule has 0 fully saturated rings. The number of phenols is 1. The molecule has 1 aromatic carbocycles. The van der Waals surface area contributed by atoms with Crippen molar-refractivity contribution in [2.24, 2.45) is 0 Å². The summed E-state index contributed by atoms with van der Waals surface area (Å²) in [6.45, 7) is 9.67. The molecule has 0 aliphatic carbocycles. The van der Waals surface area contributed by atoms with Crippen molar-refractivity contribution in [1.82, 2.24) is 0 Å². The van der Waals surface area contributed by atoms with Crippen molar-refractivity contribution in [3.8, 4) is 11.5 Å². The molecule has 1 aromatic rings. The third-order valence-corrected chi connectivity index (χ3v) is 4.31. The molecule has 0 amide bonds. The molecule has 2 rings (SSSR count). The number of rotatable bonds is 6. The number of phenolic OH excluding ortho intramolecular Hbond substituents is 1. The lowest BCUT2D eigenvalue weighted by Crippen LogP contribution is -2.31. The standard InChI is InChI=1S/C22H30O3/c1-16(8-6-11-21(3,4)24)9-7-12-22(5)13-10-18-19(23)14-17(2)15-20(18)25-22/h6,9-11,13-15,23-24H,7-8,12H2,1-5H3/t22-/m1/s1. The first kappa shape index (κ1) is 19.3. The molecule has 1 aliphatic heterocycles. The van der Waals surface area contributed by atoms with Crippen LogP contribution in [0.5, 0.6) is 11.5 Å². The quantitative estimate of drug-likeness (QED) is 0.689. The summed E-state index contributed by atoms with van der Waals surface area (Å²) >= 11 is 0. The van der Waals surface area contributed by atoms with Crippen molar-refractivity contribution in [2.45, 2.75) is 65.1 Å². The summed E-state index contributed by atoms with van der Waals surface area (Å²) in [5.41, 5.74) is 1.89. The molecule has 0 aromatic heterocycles. The van der Waals surface area contributed by atoms with Crippen LogP contribution in [0.1, 0.15) is 58.1 Å². The maximum absolute atomic E-state index is 10.0. The van der Waals surface area contributed by atoms with E-state index in [4.69, 9.17) is 4.74 Å². The van der Waals surface area contributed by atoms with Crippen molar-refractivity contribution in [1.29, 1.82) is 0 Å². The Hall–Kier alpha value is -2.00. The third kappa shape index (κ3) is 5.79. The first-order valence-electron chi connectivity index (χ1n) is 8.86. The Morgan fingerprint density at radius 2 is 2.04 bits per heavy atom. The van der Waals surface area contributed by atoms with Gasteiger partial charge >= 0.3 is 0 Å². The Balaban J connectivity index is 1.95. The fourth-order valence-corrected chi connectivity index (χ4v) is 2.90. The van der Waals surface area contributed by atoms with E-state index in [1.807, 2.05) is 37.3 Å². The Morgan fingerprint density at radius 1 is 1.32 bits per heavy atom. The zero-order chi connectivity index (χ0) is 18.7. The monoisotopic (exact) mass is 342 g/mol. The maximum atomic E-state index is 10.0. The van der Waals surface area contributed by atoms with E-state index in [9.17, 15) is 10.2 Å². The van der Waals surface area contributed by atoms with E-state index in [1.165, 1.54) is 5.57 Å². The van der Waals surface area contributed by atoms with Crippen molar-refractivity contribution in [3.05, 3.63) is 53.1 Å². The van der Waals surface area contributed by atoms with Crippen LogP contribution in [0.15, 0.2) is 42.0 Å². The highest BCUT2D eigenvalue weighted by atomic mass is 16.5. The zero-order valence-corrected chi connectivity index (χ0v) is 16.0. The van der Waals surface area contributed by atoms with E-state index < -0.39 is 5.60 Å². The SMILES string of the molecule is CC(=CCC[C@]1(C)C=Cc2c(O)cc(C)cc2O1)CC=CC(C)(C)O. The van der Waals surface area contributed by atoms with Gasteiger partial charge in [0, 0.05) is 0 Å². The predicted molar refractivity (Wildman–Crippen MR) is 104 cm³/mol. The molecule has 0 radical (unpaired) electrons. The number of ether oxygens (including phenoxy) is 1. The average molecular weight is 342 g/mol. The average Bonchev–Trinajstić information content (AvgIpc) is 2.44. The fraction of sp³-hybridized carbons (Fsp3) is 0.455. The summed E-state index contributed by atoms with van der Waals surface area (Å²) in [6, 6.07) is 3.72. The largest absolute Gasteiger partial charge is 0.507 e. The Kier molecular flexibility index (Phi) is 5.79. The van der Waals surface area contributed by atoms with Gasteiger partial charge in [-0.1, -0.05) is 23.8 Å². The van der Waals surface area contributed by atoms with Gasteiger partial charge in [0.15, 0.2) is 0 Å². The Bertz CT molecular complexity index is 705. The number of aliphatic hydroxyl groups is 1. The van der Waals surface area contributed by atoms with E-state index in [0.29, 0.717) is 0 Å². The number of allylic oxidation sites excluding steroid dienone is 3. The smallest absolute Gasteiger partial charge is 0.131 e. The van der Waals surface area contributed by atoms with Crippen LogP contribution in [0.25, 0.3) is 6.08 Å². The maximum Gasteiger partial charge on any atom is 0.131 e. The number of fused-ring (bicyclic) bond motifs is 1. The van der Waals surface area contributed by atoms with Crippen LogP contribution in [0, 0.1) is 6.92 Å². The van der Waals surface area contributed by atoms with Gasteiger partial charge in [-0.2, -0.15) is 0 Å². The van der Waals surface area contributed by atoms with Crippen LogP contribution in [-0.4, -0.2) is 21.4 Å². The number of aryl methyl sites for hydroxylation is 1. The molecule has 0 saturated carbocycles. The van der Waals surface area contributed by atoms with Gasteiger partial charge in [-0.15, -0.1) is 0 Å². The molecule has 0 saturated heterocycles. The molecule has 0 spiro atoms. The van der Waals surface area contributed by atoms with E-state index in [2.05, 4.69) is 19.9 Å². The summed E-state index contributed by atoms with van der Waals surface area (Å²) in [7, 11) is 0. The second-order valence-electron chi connectivity index (χ2n) is 7.79. The van der Waals surface area contributed by atoms with Crippen LogP contribution in [0.2, 0.25) is 0 Å². The van der Waals surface area contributed by atoms with Gasteiger partial charge in [-0.05, 0) is 83.7 Å². The Labute approximate surface area is 151 Å². The summed E-state index contributed by atoms with van der Waals surface area (Å²) < 4.78 is 6.17. The Morgan fingerprint density at radius 3 is 2.72 bits per heavy atom. The van der Waals surface area contributed by atoms with Gasteiger partial charge in [0.1, 0.15) is 17.1 Å². The lowest BCUT2D eigenvalue weighted by Gasteiger charge is -2.32. The molecule has 1 heterocycles. The molecule has 3 nitrogen and oxygen atoms in total.